The fourth-order valence-corrected chi connectivity index (χ4v) is 2.03. The smallest absolute Gasteiger partial charge is 0.317 e. The van der Waals surface area contributed by atoms with E-state index in [1.165, 1.54) is 30.5 Å². The molecule has 0 aliphatic carbocycles. The highest BCUT2D eigenvalue weighted by Gasteiger charge is 2.13. The summed E-state index contributed by atoms with van der Waals surface area (Å²) in [7, 11) is 0. The van der Waals surface area contributed by atoms with Crippen molar-refractivity contribution < 1.29 is 14.5 Å². The van der Waals surface area contributed by atoms with Crippen molar-refractivity contribution in [1.29, 1.82) is 0 Å². The highest BCUT2D eigenvalue weighted by molar-refractivity contribution is 6.39. The normalized spacial score (nSPS) is 10.5. The predicted molar refractivity (Wildman–Crippen MR) is 93.4 cm³/mol. The molecule has 8 nitrogen and oxygen atoms in total. The molecule has 0 radical (unpaired) electrons. The Morgan fingerprint density at radius 1 is 1.08 bits per heavy atom. The van der Waals surface area contributed by atoms with Crippen LogP contribution in [0.15, 0.2) is 47.6 Å². The Balaban J connectivity index is 1.92. The molecule has 0 fully saturated rings. The zero-order valence-electron chi connectivity index (χ0n) is 13.6. The topological polar surface area (TPSA) is 114 Å². The van der Waals surface area contributed by atoms with E-state index < -0.39 is 16.7 Å². The van der Waals surface area contributed by atoms with Crippen molar-refractivity contribution in [2.75, 3.05) is 5.32 Å². The van der Waals surface area contributed by atoms with Crippen LogP contribution in [-0.4, -0.2) is 23.0 Å². The van der Waals surface area contributed by atoms with E-state index in [9.17, 15) is 19.7 Å². The highest BCUT2D eigenvalue weighted by Crippen LogP contribution is 2.15. The average molecular weight is 340 g/mol. The minimum Gasteiger partial charge on any atom is -0.317 e. The monoisotopic (exact) mass is 340 g/mol. The van der Waals surface area contributed by atoms with Crippen molar-refractivity contribution in [3.05, 3.63) is 69.3 Å². The van der Waals surface area contributed by atoms with Crippen molar-refractivity contribution in [2.45, 2.75) is 13.8 Å². The number of hydrogen-bond acceptors (Lipinski definition) is 5. The van der Waals surface area contributed by atoms with E-state index in [4.69, 9.17) is 0 Å². The summed E-state index contributed by atoms with van der Waals surface area (Å²) in [6.07, 6.45) is 1.28. The summed E-state index contributed by atoms with van der Waals surface area (Å²) in [6.45, 7) is 3.76. The van der Waals surface area contributed by atoms with Crippen LogP contribution in [0.25, 0.3) is 0 Å². The maximum atomic E-state index is 11.8. The van der Waals surface area contributed by atoms with Crippen molar-refractivity contribution >= 4 is 29.4 Å². The SMILES string of the molecule is Cc1ccc(NC(=O)C(=O)NN=Cc2ccc([N+](=O)[O-])cc2)c(C)c1. The summed E-state index contributed by atoms with van der Waals surface area (Å²) in [5, 5.41) is 16.7. The van der Waals surface area contributed by atoms with Crippen LogP contribution < -0.4 is 10.7 Å². The first kappa shape index (κ1) is 17.8. The maximum Gasteiger partial charge on any atom is 0.329 e. The Labute approximate surface area is 143 Å². The van der Waals surface area contributed by atoms with Gasteiger partial charge in [-0.15, -0.1) is 0 Å². The van der Waals surface area contributed by atoms with Gasteiger partial charge in [-0.05, 0) is 43.2 Å². The molecule has 0 aliphatic rings. The second-order valence-electron chi connectivity index (χ2n) is 5.32. The second-order valence-corrected chi connectivity index (χ2v) is 5.32. The van der Waals surface area contributed by atoms with E-state index in [-0.39, 0.29) is 5.69 Å². The van der Waals surface area contributed by atoms with Crippen LogP contribution in [-0.2, 0) is 9.59 Å². The van der Waals surface area contributed by atoms with Crippen molar-refractivity contribution in [3.63, 3.8) is 0 Å². The Morgan fingerprint density at radius 2 is 1.76 bits per heavy atom. The third kappa shape index (κ3) is 4.96. The first-order valence-electron chi connectivity index (χ1n) is 7.33. The van der Waals surface area contributed by atoms with Gasteiger partial charge in [0.05, 0.1) is 11.1 Å². The summed E-state index contributed by atoms with van der Waals surface area (Å²) >= 11 is 0. The van der Waals surface area contributed by atoms with Gasteiger partial charge in [0, 0.05) is 17.8 Å². The molecule has 128 valence electrons. The molecule has 0 aliphatic heterocycles. The number of nitrogens with zero attached hydrogens (tertiary/aromatic N) is 2. The first-order valence-corrected chi connectivity index (χ1v) is 7.33. The Hall–Kier alpha value is -3.55. The number of aryl methyl sites for hydroxylation is 2. The second kappa shape index (κ2) is 7.82. The zero-order valence-corrected chi connectivity index (χ0v) is 13.6. The highest BCUT2D eigenvalue weighted by atomic mass is 16.6. The van der Waals surface area contributed by atoms with Gasteiger partial charge in [-0.3, -0.25) is 19.7 Å². The van der Waals surface area contributed by atoms with Crippen LogP contribution in [0.1, 0.15) is 16.7 Å². The molecule has 0 aromatic heterocycles. The van der Waals surface area contributed by atoms with Gasteiger partial charge in [0.1, 0.15) is 0 Å². The molecule has 25 heavy (non-hydrogen) atoms. The number of carbonyl (C=O) groups excluding carboxylic acids is 2. The van der Waals surface area contributed by atoms with Crippen LogP contribution in [0.5, 0.6) is 0 Å². The number of benzene rings is 2. The summed E-state index contributed by atoms with van der Waals surface area (Å²) in [5.41, 5.74) is 5.04. The molecule has 0 saturated carbocycles. The van der Waals surface area contributed by atoms with Crippen molar-refractivity contribution in [2.24, 2.45) is 5.10 Å². The van der Waals surface area contributed by atoms with Crippen LogP contribution in [0.3, 0.4) is 0 Å². The van der Waals surface area contributed by atoms with E-state index in [0.29, 0.717) is 11.3 Å². The molecule has 0 spiro atoms. The van der Waals surface area contributed by atoms with Crippen LogP contribution in [0, 0.1) is 24.0 Å². The maximum absolute atomic E-state index is 11.8. The summed E-state index contributed by atoms with van der Waals surface area (Å²) in [6, 6.07) is 11.0. The molecule has 0 heterocycles. The minimum absolute atomic E-state index is 0.0472. The van der Waals surface area contributed by atoms with E-state index >= 15 is 0 Å². The third-order valence-electron chi connectivity index (χ3n) is 3.32. The number of nitro groups is 1. The molecule has 2 N–H and O–H groups in total. The van der Waals surface area contributed by atoms with E-state index in [1.807, 2.05) is 26.0 Å². The molecule has 2 aromatic carbocycles. The van der Waals surface area contributed by atoms with E-state index in [0.717, 1.165) is 11.1 Å². The molecule has 2 rings (SSSR count). The lowest BCUT2D eigenvalue weighted by atomic mass is 10.1. The summed E-state index contributed by atoms with van der Waals surface area (Å²) < 4.78 is 0. The number of rotatable bonds is 4. The number of anilines is 1. The summed E-state index contributed by atoms with van der Waals surface area (Å²) in [5.74, 6) is -1.76. The fourth-order valence-electron chi connectivity index (χ4n) is 2.03. The van der Waals surface area contributed by atoms with Crippen LogP contribution in [0.2, 0.25) is 0 Å². The van der Waals surface area contributed by atoms with Gasteiger partial charge in [0.25, 0.3) is 5.69 Å². The Kier molecular flexibility index (Phi) is 5.57. The number of non-ortho nitro benzene ring substituents is 1. The zero-order chi connectivity index (χ0) is 18.4. The fraction of sp³-hybridized carbons (Fsp3) is 0.118. The van der Waals surface area contributed by atoms with Gasteiger partial charge in [-0.25, -0.2) is 5.43 Å². The summed E-state index contributed by atoms with van der Waals surface area (Å²) in [4.78, 5) is 33.6. The Morgan fingerprint density at radius 3 is 2.36 bits per heavy atom. The standard InChI is InChI=1S/C17H16N4O4/c1-11-3-8-15(12(2)9-11)19-16(22)17(23)20-18-10-13-4-6-14(7-5-13)21(24)25/h3-10H,1-2H3,(H,19,22)(H,20,23). The van der Waals surface area contributed by atoms with Gasteiger partial charge >= 0.3 is 11.8 Å². The van der Waals surface area contributed by atoms with Gasteiger partial charge in [-0.2, -0.15) is 5.10 Å². The third-order valence-corrected chi connectivity index (χ3v) is 3.32. The van der Waals surface area contributed by atoms with Gasteiger partial charge in [-0.1, -0.05) is 17.7 Å². The molecule has 2 amide bonds. The van der Waals surface area contributed by atoms with Gasteiger partial charge in [0.15, 0.2) is 0 Å². The molecular formula is C17H16N4O4. The van der Waals surface area contributed by atoms with Crippen molar-refractivity contribution in [3.8, 4) is 0 Å². The molecule has 0 saturated heterocycles. The molecule has 8 heteroatoms. The van der Waals surface area contributed by atoms with Crippen molar-refractivity contribution in [1.82, 2.24) is 5.43 Å². The number of carbonyl (C=O) groups is 2. The van der Waals surface area contributed by atoms with Gasteiger partial charge < -0.3 is 5.32 Å². The molecule has 0 unspecified atom stereocenters. The lowest BCUT2D eigenvalue weighted by Gasteiger charge is -2.08. The van der Waals surface area contributed by atoms with E-state index in [1.54, 1.807) is 6.07 Å². The lowest BCUT2D eigenvalue weighted by molar-refractivity contribution is -0.384. The van der Waals surface area contributed by atoms with Crippen LogP contribution in [0.4, 0.5) is 11.4 Å². The minimum atomic E-state index is -0.918. The largest absolute Gasteiger partial charge is 0.329 e. The molecule has 0 bridgehead atoms. The van der Waals surface area contributed by atoms with Gasteiger partial charge in [0.2, 0.25) is 0 Å². The van der Waals surface area contributed by atoms with E-state index in [2.05, 4.69) is 15.8 Å². The number of amides is 2. The van der Waals surface area contributed by atoms with Crippen LogP contribution >= 0.6 is 0 Å². The molecule has 0 atom stereocenters. The lowest BCUT2D eigenvalue weighted by Crippen LogP contribution is -2.32. The number of nitro benzene ring substituents is 1. The predicted octanol–water partition coefficient (Wildman–Crippen LogP) is 2.30. The molecular weight excluding hydrogens is 324 g/mol. The first-order chi connectivity index (χ1) is 11.9. The number of hydrogen-bond donors (Lipinski definition) is 2. The Bertz CT molecular complexity index is 844. The quantitative estimate of drug-likeness (QED) is 0.385. The number of nitrogens with one attached hydrogen (secondary N) is 2. The average Bonchev–Trinajstić information content (AvgIpc) is 2.57. The number of hydrazone groups is 1. The molecule has 2 aromatic rings.